The van der Waals surface area contributed by atoms with Crippen LogP contribution >= 0.6 is 0 Å². The number of carbonyl (C=O) groups is 1. The molecule has 0 atom stereocenters. The molecule has 0 aliphatic carbocycles. The summed E-state index contributed by atoms with van der Waals surface area (Å²) in [6, 6.07) is 0. The Morgan fingerprint density at radius 1 is 1.00 bits per heavy atom. The van der Waals surface area contributed by atoms with Gasteiger partial charge in [-0.05, 0) is 31.3 Å². The number of hydrogen-bond acceptors (Lipinski definition) is 1. The highest BCUT2D eigenvalue weighted by Crippen LogP contribution is 2.22. The van der Waals surface area contributed by atoms with Crippen molar-refractivity contribution in [2.75, 3.05) is 6.54 Å². The summed E-state index contributed by atoms with van der Waals surface area (Å²) in [5, 5.41) is 2.96. The van der Waals surface area contributed by atoms with E-state index >= 15 is 0 Å². The highest BCUT2D eigenvalue weighted by atomic mass is 16.1. The second-order valence-corrected chi connectivity index (χ2v) is 4.68. The van der Waals surface area contributed by atoms with Crippen LogP contribution in [0.2, 0.25) is 0 Å². The molecule has 1 heterocycles. The molecule has 1 rings (SSSR count). The number of amides is 1. The number of hydrogen-bond donors (Lipinski definition) is 1. The molecule has 0 radical (unpaired) electrons. The third-order valence-corrected chi connectivity index (χ3v) is 3.28. The molecule has 1 amide bonds. The second kappa shape index (κ2) is 7.48. The van der Waals surface area contributed by atoms with E-state index in [1.165, 1.54) is 37.7 Å². The lowest BCUT2D eigenvalue weighted by atomic mass is 9.99. The van der Waals surface area contributed by atoms with Crippen molar-refractivity contribution in [1.29, 1.82) is 0 Å². The van der Waals surface area contributed by atoms with Gasteiger partial charge >= 0.3 is 0 Å². The van der Waals surface area contributed by atoms with E-state index in [4.69, 9.17) is 0 Å². The van der Waals surface area contributed by atoms with Crippen molar-refractivity contribution in [3.8, 4) is 0 Å². The molecule has 0 saturated carbocycles. The van der Waals surface area contributed by atoms with Gasteiger partial charge in [-0.25, -0.2) is 0 Å². The first-order valence-corrected chi connectivity index (χ1v) is 6.78. The zero-order valence-electron chi connectivity index (χ0n) is 10.8. The van der Waals surface area contributed by atoms with Crippen LogP contribution in [-0.4, -0.2) is 12.5 Å². The highest BCUT2D eigenvalue weighted by molar-refractivity contribution is 5.96. The maximum Gasteiger partial charge on any atom is 0.247 e. The average molecular weight is 223 g/mol. The van der Waals surface area contributed by atoms with Crippen molar-refractivity contribution in [2.24, 2.45) is 0 Å². The van der Waals surface area contributed by atoms with Gasteiger partial charge in [-0.3, -0.25) is 4.79 Å². The van der Waals surface area contributed by atoms with Crippen LogP contribution in [0.4, 0.5) is 0 Å². The lowest BCUT2D eigenvalue weighted by molar-refractivity contribution is -0.116. The molecule has 0 aromatic heterocycles. The molecule has 0 fully saturated rings. The summed E-state index contributed by atoms with van der Waals surface area (Å²) in [6.45, 7) is 5.23. The molecule has 2 heteroatoms. The Morgan fingerprint density at radius 2 is 1.62 bits per heavy atom. The van der Waals surface area contributed by atoms with Crippen LogP contribution in [0, 0.1) is 0 Å². The molecule has 1 aliphatic heterocycles. The molecule has 0 aromatic rings. The Kier molecular flexibility index (Phi) is 6.20. The van der Waals surface area contributed by atoms with E-state index < -0.39 is 0 Å². The Bertz CT molecular complexity index is 255. The van der Waals surface area contributed by atoms with Gasteiger partial charge in [-0.15, -0.1) is 0 Å². The fourth-order valence-electron chi connectivity index (χ4n) is 2.23. The zero-order chi connectivity index (χ0) is 11.8. The van der Waals surface area contributed by atoms with Gasteiger partial charge in [-0.2, -0.15) is 0 Å². The van der Waals surface area contributed by atoms with Crippen molar-refractivity contribution >= 4 is 5.91 Å². The van der Waals surface area contributed by atoms with E-state index in [0.717, 1.165) is 31.4 Å². The van der Waals surface area contributed by atoms with Crippen LogP contribution in [0.15, 0.2) is 11.1 Å². The molecular weight excluding hydrogens is 198 g/mol. The Morgan fingerprint density at radius 3 is 2.25 bits per heavy atom. The fraction of sp³-hybridized carbons (Fsp3) is 0.786. The predicted molar refractivity (Wildman–Crippen MR) is 68.3 cm³/mol. The second-order valence-electron chi connectivity index (χ2n) is 4.68. The first kappa shape index (κ1) is 13.3. The Labute approximate surface area is 99.5 Å². The lowest BCUT2D eigenvalue weighted by Gasteiger charge is -2.04. The zero-order valence-corrected chi connectivity index (χ0v) is 10.8. The van der Waals surface area contributed by atoms with E-state index in [1.807, 2.05) is 0 Å². The quantitative estimate of drug-likeness (QED) is 0.626. The van der Waals surface area contributed by atoms with Gasteiger partial charge in [-0.1, -0.05) is 39.5 Å². The van der Waals surface area contributed by atoms with Crippen LogP contribution in [0.3, 0.4) is 0 Å². The largest absolute Gasteiger partial charge is 0.349 e. The van der Waals surface area contributed by atoms with Crippen molar-refractivity contribution in [1.82, 2.24) is 5.32 Å². The number of nitrogens with one attached hydrogen (secondary N) is 1. The molecule has 0 aromatic carbocycles. The normalized spacial score (nSPS) is 15.8. The average Bonchev–Trinajstić information content (AvgIpc) is 2.62. The van der Waals surface area contributed by atoms with E-state index in [-0.39, 0.29) is 5.91 Å². The predicted octanol–water partition coefficient (Wildman–Crippen LogP) is 3.57. The van der Waals surface area contributed by atoms with Crippen LogP contribution in [0.1, 0.15) is 65.2 Å². The van der Waals surface area contributed by atoms with Gasteiger partial charge in [0.25, 0.3) is 0 Å². The van der Waals surface area contributed by atoms with Crippen molar-refractivity contribution in [3.05, 3.63) is 11.1 Å². The van der Waals surface area contributed by atoms with E-state index in [0.29, 0.717) is 0 Å². The SMILES string of the molecule is CCCCCC1=C(CCCCC)C(=O)NC1. The topological polar surface area (TPSA) is 29.1 Å². The summed E-state index contributed by atoms with van der Waals surface area (Å²) in [4.78, 5) is 11.6. The highest BCUT2D eigenvalue weighted by Gasteiger charge is 2.20. The molecule has 92 valence electrons. The van der Waals surface area contributed by atoms with Crippen molar-refractivity contribution in [2.45, 2.75) is 65.2 Å². The minimum atomic E-state index is 0.197. The smallest absolute Gasteiger partial charge is 0.247 e. The molecule has 1 aliphatic rings. The summed E-state index contributed by atoms with van der Waals surface area (Å²) < 4.78 is 0. The Balaban J connectivity index is 2.43. The van der Waals surface area contributed by atoms with Crippen molar-refractivity contribution < 1.29 is 4.79 Å². The van der Waals surface area contributed by atoms with Gasteiger partial charge in [0.15, 0.2) is 0 Å². The van der Waals surface area contributed by atoms with Crippen molar-refractivity contribution in [3.63, 3.8) is 0 Å². The number of unbranched alkanes of at least 4 members (excludes halogenated alkanes) is 4. The van der Waals surface area contributed by atoms with Crippen LogP contribution in [-0.2, 0) is 4.79 Å². The third kappa shape index (κ3) is 3.99. The lowest BCUT2D eigenvalue weighted by Crippen LogP contribution is -2.17. The van der Waals surface area contributed by atoms with E-state index in [1.54, 1.807) is 0 Å². The minimum absolute atomic E-state index is 0.197. The molecule has 0 bridgehead atoms. The molecule has 1 N–H and O–H groups in total. The summed E-state index contributed by atoms with van der Waals surface area (Å²) >= 11 is 0. The summed E-state index contributed by atoms with van der Waals surface area (Å²) in [5.74, 6) is 0.197. The molecule has 16 heavy (non-hydrogen) atoms. The maximum absolute atomic E-state index is 11.6. The Hall–Kier alpha value is -0.790. The summed E-state index contributed by atoms with van der Waals surface area (Å²) in [5.41, 5.74) is 2.49. The number of rotatable bonds is 8. The molecule has 0 spiro atoms. The molecular formula is C14H25NO. The molecule has 2 nitrogen and oxygen atoms in total. The maximum atomic E-state index is 11.6. The van der Waals surface area contributed by atoms with Gasteiger partial charge in [0.1, 0.15) is 0 Å². The minimum Gasteiger partial charge on any atom is -0.349 e. The third-order valence-electron chi connectivity index (χ3n) is 3.28. The monoisotopic (exact) mass is 223 g/mol. The molecule has 0 saturated heterocycles. The van der Waals surface area contributed by atoms with Crippen LogP contribution < -0.4 is 5.32 Å². The van der Waals surface area contributed by atoms with E-state index in [9.17, 15) is 4.79 Å². The van der Waals surface area contributed by atoms with Crippen LogP contribution in [0.5, 0.6) is 0 Å². The summed E-state index contributed by atoms with van der Waals surface area (Å²) in [7, 11) is 0. The van der Waals surface area contributed by atoms with Gasteiger partial charge < -0.3 is 5.32 Å². The number of carbonyl (C=O) groups excluding carboxylic acids is 1. The standard InChI is InChI=1S/C14H25NO/c1-3-5-7-9-12-11-15-14(16)13(12)10-8-6-4-2/h3-11H2,1-2H3,(H,15,16). The van der Waals surface area contributed by atoms with Gasteiger partial charge in [0.2, 0.25) is 5.91 Å². The van der Waals surface area contributed by atoms with E-state index in [2.05, 4.69) is 19.2 Å². The summed E-state index contributed by atoms with van der Waals surface area (Å²) in [6.07, 6.45) is 9.49. The first-order valence-electron chi connectivity index (χ1n) is 6.78. The molecule has 0 unspecified atom stereocenters. The van der Waals surface area contributed by atoms with Gasteiger partial charge in [0, 0.05) is 12.1 Å². The van der Waals surface area contributed by atoms with Crippen LogP contribution in [0.25, 0.3) is 0 Å². The fourth-order valence-corrected chi connectivity index (χ4v) is 2.23. The van der Waals surface area contributed by atoms with Gasteiger partial charge in [0.05, 0.1) is 0 Å². The first-order chi connectivity index (χ1) is 7.79.